The molecule has 0 bridgehead atoms. The third-order valence-electron chi connectivity index (χ3n) is 2.44. The molecular formula is C10H20N2O2. The van der Waals surface area contributed by atoms with E-state index in [0.29, 0.717) is 6.10 Å². The summed E-state index contributed by atoms with van der Waals surface area (Å²) in [5.41, 5.74) is 5.45. The minimum Gasteiger partial charge on any atom is -0.378 e. The van der Waals surface area contributed by atoms with E-state index in [1.165, 1.54) is 0 Å². The Bertz CT molecular complexity index is 189. The number of rotatable bonds is 4. The average molecular weight is 200 g/mol. The van der Waals surface area contributed by atoms with E-state index in [-0.39, 0.29) is 11.9 Å². The highest BCUT2D eigenvalue weighted by Gasteiger charge is 2.19. The van der Waals surface area contributed by atoms with Gasteiger partial charge in [-0.15, -0.1) is 0 Å². The molecule has 1 heterocycles. The van der Waals surface area contributed by atoms with E-state index in [0.717, 1.165) is 25.9 Å². The number of hydrogen-bond acceptors (Lipinski definition) is 3. The fraction of sp³-hybridized carbons (Fsp3) is 0.900. The maximum absolute atomic E-state index is 11.3. The van der Waals surface area contributed by atoms with E-state index in [2.05, 4.69) is 5.32 Å². The molecule has 4 nitrogen and oxygen atoms in total. The van der Waals surface area contributed by atoms with Gasteiger partial charge in [-0.2, -0.15) is 0 Å². The van der Waals surface area contributed by atoms with Gasteiger partial charge < -0.3 is 15.8 Å². The lowest BCUT2D eigenvalue weighted by molar-refractivity contribution is -0.122. The number of hydrogen-bond donors (Lipinski definition) is 2. The van der Waals surface area contributed by atoms with Crippen molar-refractivity contribution in [2.45, 2.75) is 51.3 Å². The quantitative estimate of drug-likeness (QED) is 0.690. The Kier molecular flexibility index (Phi) is 4.35. The maximum Gasteiger partial charge on any atom is 0.236 e. The van der Waals surface area contributed by atoms with Gasteiger partial charge in [0.25, 0.3) is 0 Å². The zero-order valence-electron chi connectivity index (χ0n) is 8.95. The highest BCUT2D eigenvalue weighted by Crippen LogP contribution is 2.16. The molecule has 0 aromatic heterocycles. The third kappa shape index (κ3) is 3.64. The Balaban J connectivity index is 2.20. The van der Waals surface area contributed by atoms with Gasteiger partial charge in [-0.1, -0.05) is 0 Å². The van der Waals surface area contributed by atoms with E-state index in [4.69, 9.17) is 10.5 Å². The van der Waals surface area contributed by atoms with Gasteiger partial charge in [-0.05, 0) is 33.1 Å². The second-order valence-electron chi connectivity index (χ2n) is 4.07. The Labute approximate surface area is 85.2 Å². The summed E-state index contributed by atoms with van der Waals surface area (Å²) in [5, 5.41) is 2.86. The number of amides is 1. The second kappa shape index (κ2) is 5.32. The molecule has 0 aliphatic carbocycles. The standard InChI is InChI=1S/C10H20N2O2/c1-7(12-10(13)8(2)11)6-9-4-3-5-14-9/h7-9H,3-6,11H2,1-2H3,(H,12,13)/t7?,8-,9?/m1/s1. The first-order valence-electron chi connectivity index (χ1n) is 5.27. The van der Waals surface area contributed by atoms with Crippen LogP contribution in [0.5, 0.6) is 0 Å². The first-order valence-corrected chi connectivity index (χ1v) is 5.27. The summed E-state index contributed by atoms with van der Waals surface area (Å²) in [6, 6.07) is -0.279. The van der Waals surface area contributed by atoms with E-state index in [1.807, 2.05) is 6.92 Å². The van der Waals surface area contributed by atoms with Crippen molar-refractivity contribution < 1.29 is 9.53 Å². The Morgan fingerprint density at radius 1 is 1.64 bits per heavy atom. The molecule has 0 aromatic rings. The smallest absolute Gasteiger partial charge is 0.236 e. The predicted molar refractivity (Wildman–Crippen MR) is 54.8 cm³/mol. The lowest BCUT2D eigenvalue weighted by atomic mass is 10.1. The zero-order valence-corrected chi connectivity index (χ0v) is 8.95. The lowest BCUT2D eigenvalue weighted by Crippen LogP contribution is -2.43. The molecule has 14 heavy (non-hydrogen) atoms. The van der Waals surface area contributed by atoms with Gasteiger partial charge in [0, 0.05) is 12.6 Å². The lowest BCUT2D eigenvalue weighted by Gasteiger charge is -2.18. The highest BCUT2D eigenvalue weighted by molar-refractivity contribution is 5.81. The van der Waals surface area contributed by atoms with Crippen molar-refractivity contribution in [1.29, 1.82) is 0 Å². The van der Waals surface area contributed by atoms with Gasteiger partial charge in [0.1, 0.15) is 0 Å². The summed E-state index contributed by atoms with van der Waals surface area (Å²) >= 11 is 0. The minimum absolute atomic E-state index is 0.0875. The summed E-state index contributed by atoms with van der Waals surface area (Å²) in [4.78, 5) is 11.3. The monoisotopic (exact) mass is 200 g/mol. The summed E-state index contributed by atoms with van der Waals surface area (Å²) in [6.45, 7) is 4.54. The van der Waals surface area contributed by atoms with Crippen LogP contribution in [0.4, 0.5) is 0 Å². The van der Waals surface area contributed by atoms with Crippen molar-refractivity contribution in [3.8, 4) is 0 Å². The third-order valence-corrected chi connectivity index (χ3v) is 2.44. The molecule has 0 aromatic carbocycles. The van der Waals surface area contributed by atoms with E-state index < -0.39 is 6.04 Å². The molecule has 2 unspecified atom stereocenters. The van der Waals surface area contributed by atoms with Crippen LogP contribution in [0, 0.1) is 0 Å². The molecule has 0 saturated carbocycles. The SMILES string of the molecule is CC(CC1CCCO1)NC(=O)[C@@H](C)N. The van der Waals surface area contributed by atoms with Crippen LogP contribution in [0.2, 0.25) is 0 Å². The van der Waals surface area contributed by atoms with Crippen molar-refractivity contribution >= 4 is 5.91 Å². The van der Waals surface area contributed by atoms with Crippen LogP contribution >= 0.6 is 0 Å². The largest absolute Gasteiger partial charge is 0.378 e. The van der Waals surface area contributed by atoms with Gasteiger partial charge in [-0.3, -0.25) is 4.79 Å². The molecule has 1 amide bonds. The molecule has 4 heteroatoms. The summed E-state index contributed by atoms with van der Waals surface area (Å²) in [7, 11) is 0. The first kappa shape index (κ1) is 11.5. The number of nitrogens with one attached hydrogen (secondary N) is 1. The number of carbonyl (C=O) groups excluding carboxylic acids is 1. The molecule has 1 aliphatic heterocycles. The number of ether oxygens (including phenoxy) is 1. The topological polar surface area (TPSA) is 64.3 Å². The Morgan fingerprint density at radius 2 is 2.36 bits per heavy atom. The first-order chi connectivity index (χ1) is 6.59. The van der Waals surface area contributed by atoms with E-state index in [1.54, 1.807) is 6.92 Å². The normalized spacial score (nSPS) is 25.8. The molecule has 1 aliphatic rings. The van der Waals surface area contributed by atoms with Crippen LogP contribution < -0.4 is 11.1 Å². The van der Waals surface area contributed by atoms with E-state index in [9.17, 15) is 4.79 Å². The van der Waals surface area contributed by atoms with E-state index >= 15 is 0 Å². The van der Waals surface area contributed by atoms with Crippen molar-refractivity contribution in [3.05, 3.63) is 0 Å². The Hall–Kier alpha value is -0.610. The second-order valence-corrected chi connectivity index (χ2v) is 4.07. The van der Waals surface area contributed by atoms with Crippen molar-refractivity contribution in [2.24, 2.45) is 5.73 Å². The predicted octanol–water partition coefficient (Wildman–Crippen LogP) is 0.407. The summed E-state index contributed by atoms with van der Waals surface area (Å²) < 4.78 is 5.48. The van der Waals surface area contributed by atoms with Crippen LogP contribution in [0.3, 0.4) is 0 Å². The van der Waals surface area contributed by atoms with Gasteiger partial charge in [0.05, 0.1) is 12.1 Å². The summed E-state index contributed by atoms with van der Waals surface area (Å²) in [6.07, 6.45) is 3.45. The number of carbonyl (C=O) groups is 1. The van der Waals surface area contributed by atoms with Crippen LogP contribution in [0.15, 0.2) is 0 Å². The minimum atomic E-state index is -0.429. The molecular weight excluding hydrogens is 180 g/mol. The van der Waals surface area contributed by atoms with Crippen molar-refractivity contribution in [3.63, 3.8) is 0 Å². The van der Waals surface area contributed by atoms with Crippen LogP contribution in [-0.2, 0) is 9.53 Å². The van der Waals surface area contributed by atoms with Crippen molar-refractivity contribution in [2.75, 3.05) is 6.61 Å². The molecule has 0 spiro atoms. The summed E-state index contributed by atoms with van der Waals surface area (Å²) in [5.74, 6) is -0.0875. The molecule has 3 atom stereocenters. The Morgan fingerprint density at radius 3 is 2.86 bits per heavy atom. The molecule has 82 valence electrons. The average Bonchev–Trinajstić information content (AvgIpc) is 2.56. The number of nitrogens with two attached hydrogens (primary N) is 1. The van der Waals surface area contributed by atoms with Crippen LogP contribution in [0.25, 0.3) is 0 Å². The zero-order chi connectivity index (χ0) is 10.6. The molecule has 3 N–H and O–H groups in total. The molecule has 1 rings (SSSR count). The molecule has 0 radical (unpaired) electrons. The van der Waals surface area contributed by atoms with Gasteiger partial charge >= 0.3 is 0 Å². The van der Waals surface area contributed by atoms with Gasteiger partial charge in [-0.25, -0.2) is 0 Å². The molecule has 1 fully saturated rings. The van der Waals surface area contributed by atoms with Gasteiger partial charge in [0.2, 0.25) is 5.91 Å². The highest BCUT2D eigenvalue weighted by atomic mass is 16.5. The van der Waals surface area contributed by atoms with Crippen molar-refractivity contribution in [1.82, 2.24) is 5.32 Å². The van der Waals surface area contributed by atoms with Gasteiger partial charge in [0.15, 0.2) is 0 Å². The maximum atomic E-state index is 11.3. The van der Waals surface area contributed by atoms with Crippen LogP contribution in [-0.4, -0.2) is 30.7 Å². The fourth-order valence-electron chi connectivity index (χ4n) is 1.66. The molecule has 1 saturated heterocycles. The fourth-order valence-corrected chi connectivity index (χ4v) is 1.66. The van der Waals surface area contributed by atoms with Crippen LogP contribution in [0.1, 0.15) is 33.1 Å².